The number of halogens is 2. The number of nitrogens with one attached hydrogen (secondary N) is 1. The van der Waals surface area contributed by atoms with Gasteiger partial charge < -0.3 is 15.4 Å². The van der Waals surface area contributed by atoms with Gasteiger partial charge >= 0.3 is 0 Å². The maximum Gasteiger partial charge on any atom is 0.143 e. The Hall–Kier alpha value is -0.660. The first kappa shape index (κ1) is 12.8. The highest BCUT2D eigenvalue weighted by molar-refractivity contribution is 9.11. The molecule has 5 nitrogen and oxygen atoms in total. The number of hydrogen-bond acceptors (Lipinski definition) is 4. The second-order valence-electron chi connectivity index (χ2n) is 3.72. The standard InChI is InChI=1S/C10H12Br2N4O/c11-6-3-7(12)10(15-4-6)16-1-2-17-8(5-16)9(13)14/h3-4,8H,1-2,5H2,(H3,13,14). The van der Waals surface area contributed by atoms with Crippen molar-refractivity contribution >= 4 is 43.5 Å². The van der Waals surface area contributed by atoms with Crippen molar-refractivity contribution in [3.8, 4) is 0 Å². The first-order chi connectivity index (χ1) is 8.08. The number of morpholine rings is 1. The molecule has 0 aliphatic carbocycles. The van der Waals surface area contributed by atoms with E-state index in [4.69, 9.17) is 15.9 Å². The minimum atomic E-state index is -0.346. The highest BCUT2D eigenvalue weighted by Gasteiger charge is 2.24. The lowest BCUT2D eigenvalue weighted by molar-refractivity contribution is 0.0823. The van der Waals surface area contributed by atoms with Crippen molar-refractivity contribution in [2.45, 2.75) is 6.10 Å². The molecule has 0 bridgehead atoms. The third-order valence-corrected chi connectivity index (χ3v) is 3.52. The molecule has 92 valence electrons. The molecule has 1 aromatic heterocycles. The van der Waals surface area contributed by atoms with E-state index < -0.39 is 0 Å². The van der Waals surface area contributed by atoms with Crippen molar-refractivity contribution in [3.63, 3.8) is 0 Å². The van der Waals surface area contributed by atoms with E-state index in [1.807, 2.05) is 6.07 Å². The van der Waals surface area contributed by atoms with Gasteiger partial charge in [0, 0.05) is 17.2 Å². The van der Waals surface area contributed by atoms with Gasteiger partial charge in [-0.05, 0) is 37.9 Å². The van der Waals surface area contributed by atoms with E-state index in [1.165, 1.54) is 0 Å². The van der Waals surface area contributed by atoms with Crippen LogP contribution in [0.25, 0.3) is 0 Å². The second-order valence-corrected chi connectivity index (χ2v) is 5.49. The summed E-state index contributed by atoms with van der Waals surface area (Å²) in [4.78, 5) is 6.42. The van der Waals surface area contributed by atoms with Crippen LogP contribution in [-0.4, -0.2) is 36.6 Å². The largest absolute Gasteiger partial charge is 0.385 e. The molecule has 0 aromatic carbocycles. The summed E-state index contributed by atoms with van der Waals surface area (Å²) in [6, 6.07) is 1.95. The Labute approximate surface area is 116 Å². The van der Waals surface area contributed by atoms with E-state index in [1.54, 1.807) is 6.20 Å². The van der Waals surface area contributed by atoms with Crippen LogP contribution in [0.3, 0.4) is 0 Å². The van der Waals surface area contributed by atoms with Gasteiger partial charge in [-0.25, -0.2) is 4.98 Å². The number of ether oxygens (including phenoxy) is 1. The Morgan fingerprint density at radius 2 is 2.35 bits per heavy atom. The lowest BCUT2D eigenvalue weighted by Gasteiger charge is -2.33. The molecule has 1 aliphatic heterocycles. The van der Waals surface area contributed by atoms with Gasteiger partial charge in [0.05, 0.1) is 17.6 Å². The van der Waals surface area contributed by atoms with Gasteiger partial charge in [-0.1, -0.05) is 0 Å². The third kappa shape index (κ3) is 2.97. The second kappa shape index (κ2) is 5.32. The van der Waals surface area contributed by atoms with Gasteiger partial charge in [0.2, 0.25) is 0 Å². The third-order valence-electron chi connectivity index (χ3n) is 2.50. The van der Waals surface area contributed by atoms with Gasteiger partial charge in [-0.3, -0.25) is 5.41 Å². The molecule has 1 unspecified atom stereocenters. The number of amidine groups is 1. The van der Waals surface area contributed by atoms with Crippen LogP contribution in [-0.2, 0) is 4.74 Å². The van der Waals surface area contributed by atoms with Crippen molar-refractivity contribution in [1.82, 2.24) is 4.98 Å². The van der Waals surface area contributed by atoms with Crippen molar-refractivity contribution in [3.05, 3.63) is 21.2 Å². The van der Waals surface area contributed by atoms with E-state index in [0.29, 0.717) is 13.2 Å². The van der Waals surface area contributed by atoms with E-state index in [9.17, 15) is 0 Å². The molecule has 1 saturated heterocycles. The number of nitrogens with zero attached hydrogens (tertiary/aromatic N) is 2. The van der Waals surface area contributed by atoms with Gasteiger partial charge in [0.15, 0.2) is 0 Å². The molecular weight excluding hydrogens is 352 g/mol. The molecule has 0 amide bonds. The summed E-state index contributed by atoms with van der Waals surface area (Å²) in [6.45, 7) is 1.86. The molecule has 0 saturated carbocycles. The SMILES string of the molecule is N=C(N)C1CN(c2ncc(Br)cc2Br)CCO1. The fourth-order valence-corrected chi connectivity index (χ4v) is 2.91. The maximum atomic E-state index is 7.42. The number of nitrogens with two attached hydrogens (primary N) is 1. The maximum absolute atomic E-state index is 7.42. The predicted molar refractivity (Wildman–Crippen MR) is 73.5 cm³/mol. The zero-order chi connectivity index (χ0) is 12.4. The average molecular weight is 364 g/mol. The molecular formula is C10H12Br2N4O. The van der Waals surface area contributed by atoms with E-state index >= 15 is 0 Å². The Bertz CT molecular complexity index is 440. The Morgan fingerprint density at radius 1 is 1.59 bits per heavy atom. The van der Waals surface area contributed by atoms with E-state index in [-0.39, 0.29) is 11.9 Å². The summed E-state index contributed by atoms with van der Waals surface area (Å²) in [5, 5.41) is 7.42. The molecule has 3 N–H and O–H groups in total. The first-order valence-corrected chi connectivity index (χ1v) is 6.68. The normalized spacial score (nSPS) is 20.4. The number of rotatable bonds is 2. The van der Waals surface area contributed by atoms with Crippen LogP contribution in [0.4, 0.5) is 5.82 Å². The van der Waals surface area contributed by atoms with Gasteiger partial charge in [-0.15, -0.1) is 0 Å². The monoisotopic (exact) mass is 362 g/mol. The van der Waals surface area contributed by atoms with Crippen molar-refractivity contribution in [2.75, 3.05) is 24.6 Å². The lowest BCUT2D eigenvalue weighted by atomic mass is 10.2. The highest BCUT2D eigenvalue weighted by atomic mass is 79.9. The number of hydrogen-bond donors (Lipinski definition) is 2. The van der Waals surface area contributed by atoms with Crippen LogP contribution in [0.2, 0.25) is 0 Å². The van der Waals surface area contributed by atoms with Crippen molar-refractivity contribution in [2.24, 2.45) is 5.73 Å². The molecule has 1 aliphatic rings. The van der Waals surface area contributed by atoms with Crippen LogP contribution >= 0.6 is 31.9 Å². The zero-order valence-electron chi connectivity index (χ0n) is 8.99. The quantitative estimate of drug-likeness (QED) is 0.620. The topological polar surface area (TPSA) is 75.2 Å². The molecule has 7 heteroatoms. The number of anilines is 1. The highest BCUT2D eigenvalue weighted by Crippen LogP contribution is 2.27. The minimum absolute atomic E-state index is 0.0583. The summed E-state index contributed by atoms with van der Waals surface area (Å²) in [6.07, 6.45) is 1.40. The predicted octanol–water partition coefficient (Wildman–Crippen LogP) is 1.75. The van der Waals surface area contributed by atoms with Crippen LogP contribution in [0.5, 0.6) is 0 Å². The molecule has 1 fully saturated rings. The molecule has 17 heavy (non-hydrogen) atoms. The van der Waals surface area contributed by atoms with Crippen LogP contribution in [0, 0.1) is 5.41 Å². The van der Waals surface area contributed by atoms with Gasteiger partial charge in [-0.2, -0.15) is 0 Å². The van der Waals surface area contributed by atoms with Crippen LogP contribution < -0.4 is 10.6 Å². The van der Waals surface area contributed by atoms with Crippen molar-refractivity contribution in [1.29, 1.82) is 5.41 Å². The van der Waals surface area contributed by atoms with Gasteiger partial charge in [0.1, 0.15) is 17.8 Å². The lowest BCUT2D eigenvalue weighted by Crippen LogP contribution is -2.48. The molecule has 1 aromatic rings. The van der Waals surface area contributed by atoms with E-state index in [2.05, 4.69) is 41.7 Å². The average Bonchev–Trinajstić information content (AvgIpc) is 2.29. The van der Waals surface area contributed by atoms with Crippen LogP contribution in [0.15, 0.2) is 21.2 Å². The van der Waals surface area contributed by atoms with Crippen LogP contribution in [0.1, 0.15) is 0 Å². The summed E-state index contributed by atoms with van der Waals surface area (Å²) in [5.41, 5.74) is 5.46. The molecule has 0 radical (unpaired) electrons. The zero-order valence-corrected chi connectivity index (χ0v) is 12.2. The summed E-state index contributed by atoms with van der Waals surface area (Å²) in [5.74, 6) is 0.908. The van der Waals surface area contributed by atoms with Gasteiger partial charge in [0.25, 0.3) is 0 Å². The molecule has 2 heterocycles. The number of aromatic nitrogens is 1. The molecule has 1 atom stereocenters. The van der Waals surface area contributed by atoms with Crippen molar-refractivity contribution < 1.29 is 4.74 Å². The molecule has 0 spiro atoms. The van der Waals surface area contributed by atoms with E-state index in [0.717, 1.165) is 21.3 Å². The summed E-state index contributed by atoms with van der Waals surface area (Å²) >= 11 is 6.85. The fraction of sp³-hybridized carbons (Fsp3) is 0.400. The summed E-state index contributed by atoms with van der Waals surface area (Å²) < 4.78 is 7.25. The Kier molecular flexibility index (Phi) is 4.01. The fourth-order valence-electron chi connectivity index (χ4n) is 1.67. The Balaban J connectivity index is 2.19. The summed E-state index contributed by atoms with van der Waals surface area (Å²) in [7, 11) is 0. The minimum Gasteiger partial charge on any atom is -0.385 e. The first-order valence-electron chi connectivity index (χ1n) is 5.09. The Morgan fingerprint density at radius 3 is 3.00 bits per heavy atom. The molecule has 2 rings (SSSR count). The smallest absolute Gasteiger partial charge is 0.143 e. The number of pyridine rings is 1.